The topological polar surface area (TPSA) is 62.8 Å². The van der Waals surface area contributed by atoms with Gasteiger partial charge in [-0.05, 0) is 31.3 Å². The minimum Gasteiger partial charge on any atom is -0.494 e. The van der Waals surface area contributed by atoms with Gasteiger partial charge in [0.15, 0.2) is 5.75 Å². The summed E-state index contributed by atoms with van der Waals surface area (Å²) < 4.78 is 11.2. The van der Waals surface area contributed by atoms with Gasteiger partial charge >= 0.3 is 0 Å². The summed E-state index contributed by atoms with van der Waals surface area (Å²) in [5.41, 5.74) is 3.77. The molecule has 3 aromatic rings. The average Bonchev–Trinajstić information content (AvgIpc) is 2.74. The van der Waals surface area contributed by atoms with Crippen LogP contribution in [0, 0.1) is 0 Å². The van der Waals surface area contributed by atoms with Crippen LogP contribution in [0.4, 0.5) is 17.1 Å². The van der Waals surface area contributed by atoms with Gasteiger partial charge in [0.25, 0.3) is 0 Å². The fraction of sp³-hybridized carbons (Fsp3) is 0.333. The molecule has 1 aliphatic heterocycles. The van der Waals surface area contributed by atoms with E-state index in [1.54, 1.807) is 20.4 Å². The minimum absolute atomic E-state index is 0.676. The van der Waals surface area contributed by atoms with Gasteiger partial charge in [0, 0.05) is 49.8 Å². The summed E-state index contributed by atoms with van der Waals surface area (Å²) in [5.74, 6) is 1.37. The summed E-state index contributed by atoms with van der Waals surface area (Å²) in [6.07, 6.45) is 3.25. The van der Waals surface area contributed by atoms with Gasteiger partial charge < -0.3 is 24.6 Å². The molecule has 0 unspecified atom stereocenters. The second-order valence-electron chi connectivity index (χ2n) is 6.91. The number of anilines is 3. The molecular formula is C21H25N5O2. The lowest BCUT2D eigenvalue weighted by atomic mass is 10.1. The van der Waals surface area contributed by atoms with Gasteiger partial charge in [0.05, 0.1) is 25.3 Å². The average molecular weight is 379 g/mol. The molecule has 2 aromatic carbocycles. The number of benzene rings is 2. The van der Waals surface area contributed by atoms with Crippen LogP contribution in [0.5, 0.6) is 11.5 Å². The van der Waals surface area contributed by atoms with E-state index in [0.29, 0.717) is 11.5 Å². The highest BCUT2D eigenvalue weighted by Crippen LogP contribution is 2.39. The number of ether oxygens (including phenoxy) is 2. The number of aromatic nitrogens is 2. The van der Waals surface area contributed by atoms with Crippen LogP contribution < -0.4 is 19.7 Å². The Kier molecular flexibility index (Phi) is 5.16. The highest BCUT2D eigenvalue weighted by molar-refractivity contribution is 5.95. The van der Waals surface area contributed by atoms with Crippen molar-refractivity contribution in [3.05, 3.63) is 42.9 Å². The van der Waals surface area contributed by atoms with Crippen LogP contribution >= 0.6 is 0 Å². The van der Waals surface area contributed by atoms with E-state index in [0.717, 1.165) is 48.5 Å². The maximum absolute atomic E-state index is 5.65. The lowest BCUT2D eigenvalue weighted by Gasteiger charge is -2.34. The maximum Gasteiger partial charge on any atom is 0.153 e. The molecule has 0 spiro atoms. The Hall–Kier alpha value is -3.06. The Labute approximate surface area is 164 Å². The molecule has 1 aromatic heterocycles. The summed E-state index contributed by atoms with van der Waals surface area (Å²) in [6, 6.07) is 10.4. The van der Waals surface area contributed by atoms with Crippen LogP contribution in [-0.4, -0.2) is 62.3 Å². The second-order valence-corrected chi connectivity index (χ2v) is 6.91. The Balaban J connectivity index is 1.61. The highest BCUT2D eigenvalue weighted by Gasteiger charge is 2.16. The third-order valence-corrected chi connectivity index (χ3v) is 5.15. The zero-order chi connectivity index (χ0) is 19.5. The molecule has 1 fully saturated rings. The predicted octanol–water partition coefficient (Wildman–Crippen LogP) is 3.14. The zero-order valence-corrected chi connectivity index (χ0v) is 16.5. The van der Waals surface area contributed by atoms with Crippen LogP contribution in [0.15, 0.2) is 42.9 Å². The number of methoxy groups -OCH3 is 2. The summed E-state index contributed by atoms with van der Waals surface area (Å²) >= 11 is 0. The number of hydrogen-bond donors (Lipinski definition) is 1. The summed E-state index contributed by atoms with van der Waals surface area (Å²) in [4.78, 5) is 13.2. The van der Waals surface area contributed by atoms with Crippen LogP contribution in [0.2, 0.25) is 0 Å². The predicted molar refractivity (Wildman–Crippen MR) is 112 cm³/mol. The number of fused-ring (bicyclic) bond motifs is 1. The van der Waals surface area contributed by atoms with Crippen molar-refractivity contribution in [2.45, 2.75) is 0 Å². The van der Waals surface area contributed by atoms with Crippen molar-refractivity contribution in [1.82, 2.24) is 14.9 Å². The number of nitrogens with zero attached hydrogens (tertiary/aromatic N) is 4. The molecule has 1 N–H and O–H groups in total. The Morgan fingerprint density at radius 2 is 1.75 bits per heavy atom. The van der Waals surface area contributed by atoms with Crippen LogP contribution in [0.25, 0.3) is 10.9 Å². The molecule has 7 heteroatoms. The summed E-state index contributed by atoms with van der Waals surface area (Å²) in [5, 5.41) is 4.25. The smallest absolute Gasteiger partial charge is 0.153 e. The Morgan fingerprint density at radius 1 is 1.00 bits per heavy atom. The molecule has 2 heterocycles. The van der Waals surface area contributed by atoms with Crippen LogP contribution in [0.1, 0.15) is 0 Å². The number of rotatable bonds is 5. The van der Waals surface area contributed by atoms with Crippen molar-refractivity contribution < 1.29 is 9.47 Å². The SMILES string of the molecule is COc1c(Nc2ccc(N3CCN(C)CC3)cc2)cc(OC)c2ncncc12. The van der Waals surface area contributed by atoms with E-state index < -0.39 is 0 Å². The molecule has 28 heavy (non-hydrogen) atoms. The monoisotopic (exact) mass is 379 g/mol. The molecule has 1 aliphatic rings. The lowest BCUT2D eigenvalue weighted by Crippen LogP contribution is -2.44. The van der Waals surface area contributed by atoms with Gasteiger partial charge in [-0.25, -0.2) is 9.97 Å². The fourth-order valence-electron chi connectivity index (χ4n) is 3.55. The van der Waals surface area contributed by atoms with E-state index in [2.05, 4.69) is 56.4 Å². The van der Waals surface area contributed by atoms with Gasteiger partial charge in [-0.1, -0.05) is 0 Å². The first-order valence-electron chi connectivity index (χ1n) is 9.35. The fourth-order valence-corrected chi connectivity index (χ4v) is 3.55. The standard InChI is InChI=1S/C21H25N5O2/c1-25-8-10-26(11-9-25)16-6-4-15(5-7-16)24-18-12-19(27-2)20-17(21(18)28-3)13-22-14-23-20/h4-7,12-14,24H,8-11H2,1-3H3. The second kappa shape index (κ2) is 7.90. The molecule has 146 valence electrons. The Morgan fingerprint density at radius 3 is 2.43 bits per heavy atom. The van der Waals surface area contributed by atoms with Crippen LogP contribution in [0.3, 0.4) is 0 Å². The molecule has 4 rings (SSSR count). The maximum atomic E-state index is 5.65. The van der Waals surface area contributed by atoms with E-state index in [-0.39, 0.29) is 0 Å². The highest BCUT2D eigenvalue weighted by atomic mass is 16.5. The van der Waals surface area contributed by atoms with Crippen molar-refractivity contribution in [2.24, 2.45) is 0 Å². The van der Waals surface area contributed by atoms with E-state index in [1.807, 2.05) is 6.07 Å². The molecule has 0 aliphatic carbocycles. The van der Waals surface area contributed by atoms with Crippen molar-refractivity contribution in [1.29, 1.82) is 0 Å². The molecule has 0 saturated carbocycles. The third-order valence-electron chi connectivity index (χ3n) is 5.15. The van der Waals surface area contributed by atoms with E-state index in [9.17, 15) is 0 Å². The van der Waals surface area contributed by atoms with E-state index in [4.69, 9.17) is 9.47 Å². The molecule has 0 radical (unpaired) electrons. The number of piperazine rings is 1. The first-order valence-corrected chi connectivity index (χ1v) is 9.35. The molecule has 0 bridgehead atoms. The molecule has 1 saturated heterocycles. The van der Waals surface area contributed by atoms with E-state index >= 15 is 0 Å². The number of hydrogen-bond acceptors (Lipinski definition) is 7. The number of likely N-dealkylation sites (N-methyl/N-ethyl adjacent to an activating group) is 1. The van der Waals surface area contributed by atoms with Gasteiger partial charge in [0.2, 0.25) is 0 Å². The molecule has 7 nitrogen and oxygen atoms in total. The van der Waals surface area contributed by atoms with Crippen molar-refractivity contribution in [2.75, 3.05) is 57.7 Å². The summed E-state index contributed by atoms with van der Waals surface area (Å²) in [6.45, 7) is 4.30. The van der Waals surface area contributed by atoms with Crippen molar-refractivity contribution >= 4 is 28.0 Å². The normalized spacial score (nSPS) is 14.9. The number of nitrogens with one attached hydrogen (secondary N) is 1. The van der Waals surface area contributed by atoms with E-state index in [1.165, 1.54) is 12.0 Å². The van der Waals surface area contributed by atoms with Crippen molar-refractivity contribution in [3.63, 3.8) is 0 Å². The van der Waals surface area contributed by atoms with Gasteiger partial charge in [-0.15, -0.1) is 0 Å². The first-order chi connectivity index (χ1) is 13.7. The van der Waals surface area contributed by atoms with Gasteiger partial charge in [-0.3, -0.25) is 0 Å². The first kappa shape index (κ1) is 18.3. The summed E-state index contributed by atoms with van der Waals surface area (Å²) in [7, 11) is 5.45. The third kappa shape index (κ3) is 3.53. The van der Waals surface area contributed by atoms with Crippen molar-refractivity contribution in [3.8, 4) is 11.5 Å². The lowest BCUT2D eigenvalue weighted by molar-refractivity contribution is 0.313. The van der Waals surface area contributed by atoms with Crippen LogP contribution in [-0.2, 0) is 0 Å². The molecule has 0 amide bonds. The van der Waals surface area contributed by atoms with Gasteiger partial charge in [0.1, 0.15) is 17.6 Å². The largest absolute Gasteiger partial charge is 0.494 e. The zero-order valence-electron chi connectivity index (χ0n) is 16.5. The Bertz CT molecular complexity index is 953. The van der Waals surface area contributed by atoms with Gasteiger partial charge in [-0.2, -0.15) is 0 Å². The molecule has 0 atom stereocenters. The minimum atomic E-state index is 0.676. The quantitative estimate of drug-likeness (QED) is 0.731. The molecular weight excluding hydrogens is 354 g/mol.